The molecular formula is C14H14FN3O2S. The monoisotopic (exact) mass is 307 g/mol. The molecule has 0 bridgehead atoms. The number of nitrogens with two attached hydrogens (primary N) is 1. The van der Waals surface area contributed by atoms with Crippen LogP contribution in [-0.4, -0.2) is 21.3 Å². The largest absolute Gasteiger partial charge is 0.384 e. The lowest BCUT2D eigenvalue weighted by molar-refractivity contribution is 0.566. The number of benzene rings is 2. The Bertz CT molecular complexity index is 773. The summed E-state index contributed by atoms with van der Waals surface area (Å²) < 4.78 is 39.4. The minimum atomic E-state index is -3.98. The zero-order valence-electron chi connectivity index (χ0n) is 11.2. The van der Waals surface area contributed by atoms with Crippen molar-refractivity contribution in [1.29, 1.82) is 5.41 Å². The highest BCUT2D eigenvalue weighted by Crippen LogP contribution is 2.23. The minimum absolute atomic E-state index is 0.110. The number of nitrogens with one attached hydrogen (secondary N) is 1. The standard InChI is InChI=1S/C14H14FN3O2S/c1-18(11-8-6-10(7-9-11)14(16)17)21(19,20)13-5-3-2-4-12(13)15/h2-9H,1H3,(H3,16,17). The van der Waals surface area contributed by atoms with Crippen molar-refractivity contribution in [1.82, 2.24) is 0 Å². The first-order valence-corrected chi connectivity index (χ1v) is 7.46. The van der Waals surface area contributed by atoms with Gasteiger partial charge in [-0.3, -0.25) is 9.71 Å². The molecule has 110 valence electrons. The number of halogens is 1. The van der Waals surface area contributed by atoms with E-state index in [1.165, 1.54) is 49.5 Å². The molecule has 0 saturated heterocycles. The van der Waals surface area contributed by atoms with Crippen LogP contribution in [0, 0.1) is 11.2 Å². The molecule has 0 saturated carbocycles. The third-order valence-corrected chi connectivity index (χ3v) is 4.84. The van der Waals surface area contributed by atoms with E-state index in [2.05, 4.69) is 0 Å². The zero-order chi connectivity index (χ0) is 15.6. The fourth-order valence-corrected chi connectivity index (χ4v) is 3.05. The lowest BCUT2D eigenvalue weighted by atomic mass is 10.2. The van der Waals surface area contributed by atoms with Crippen molar-refractivity contribution in [2.75, 3.05) is 11.4 Å². The van der Waals surface area contributed by atoms with Crippen LogP contribution in [0.2, 0.25) is 0 Å². The summed E-state index contributed by atoms with van der Waals surface area (Å²) in [6.45, 7) is 0. The van der Waals surface area contributed by atoms with Gasteiger partial charge in [0.2, 0.25) is 0 Å². The second-order valence-corrected chi connectivity index (χ2v) is 6.30. The summed E-state index contributed by atoms with van der Waals surface area (Å²) in [4.78, 5) is -0.386. The van der Waals surface area contributed by atoms with E-state index in [0.717, 1.165) is 10.4 Å². The quantitative estimate of drug-likeness (QED) is 0.668. The van der Waals surface area contributed by atoms with Gasteiger partial charge in [-0.1, -0.05) is 12.1 Å². The summed E-state index contributed by atoms with van der Waals surface area (Å²) in [5, 5.41) is 7.30. The van der Waals surface area contributed by atoms with Crippen LogP contribution in [-0.2, 0) is 10.0 Å². The van der Waals surface area contributed by atoms with E-state index >= 15 is 0 Å². The van der Waals surface area contributed by atoms with E-state index in [9.17, 15) is 12.8 Å². The van der Waals surface area contributed by atoms with Gasteiger partial charge in [-0.05, 0) is 36.4 Å². The molecule has 21 heavy (non-hydrogen) atoms. The molecule has 0 unspecified atom stereocenters. The molecule has 7 heteroatoms. The molecule has 3 N–H and O–H groups in total. The van der Waals surface area contributed by atoms with Gasteiger partial charge in [0, 0.05) is 12.6 Å². The Morgan fingerprint density at radius 2 is 1.71 bits per heavy atom. The topological polar surface area (TPSA) is 87.2 Å². The molecule has 0 radical (unpaired) electrons. The highest BCUT2D eigenvalue weighted by molar-refractivity contribution is 7.92. The molecule has 0 aliphatic carbocycles. The number of nitrogen functional groups attached to an aromatic ring is 1. The highest BCUT2D eigenvalue weighted by atomic mass is 32.2. The molecule has 0 aliphatic heterocycles. The summed E-state index contributed by atoms with van der Waals surface area (Å²) in [5.74, 6) is -0.911. The summed E-state index contributed by atoms with van der Waals surface area (Å²) in [7, 11) is -2.64. The van der Waals surface area contributed by atoms with Gasteiger partial charge in [-0.2, -0.15) is 0 Å². The second kappa shape index (κ2) is 5.53. The fourth-order valence-electron chi connectivity index (χ4n) is 1.79. The molecule has 0 aromatic heterocycles. The normalized spacial score (nSPS) is 11.1. The van der Waals surface area contributed by atoms with Gasteiger partial charge in [0.15, 0.2) is 0 Å². The minimum Gasteiger partial charge on any atom is -0.384 e. The van der Waals surface area contributed by atoms with Crippen LogP contribution >= 0.6 is 0 Å². The van der Waals surface area contributed by atoms with Crippen molar-refractivity contribution in [2.45, 2.75) is 4.90 Å². The lowest BCUT2D eigenvalue weighted by Crippen LogP contribution is -2.27. The molecule has 5 nitrogen and oxygen atoms in total. The Hall–Kier alpha value is -2.41. The number of nitrogens with zero attached hydrogens (tertiary/aromatic N) is 1. The van der Waals surface area contributed by atoms with Gasteiger partial charge in [0.05, 0.1) is 5.69 Å². The van der Waals surface area contributed by atoms with Crippen molar-refractivity contribution in [3.05, 3.63) is 59.9 Å². The van der Waals surface area contributed by atoms with Crippen molar-refractivity contribution in [3.63, 3.8) is 0 Å². The summed E-state index contributed by atoms with van der Waals surface area (Å²) in [6, 6.07) is 11.3. The highest BCUT2D eigenvalue weighted by Gasteiger charge is 2.24. The SMILES string of the molecule is CN(c1ccc(C(=N)N)cc1)S(=O)(=O)c1ccccc1F. The van der Waals surface area contributed by atoms with Gasteiger partial charge >= 0.3 is 0 Å². The van der Waals surface area contributed by atoms with E-state index in [1.54, 1.807) is 0 Å². The molecule has 0 atom stereocenters. The third-order valence-electron chi connectivity index (χ3n) is 3.02. The number of hydrogen-bond donors (Lipinski definition) is 2. The maximum atomic E-state index is 13.7. The molecule has 2 aromatic carbocycles. The van der Waals surface area contributed by atoms with Crippen LogP contribution in [0.15, 0.2) is 53.4 Å². The zero-order valence-corrected chi connectivity index (χ0v) is 12.1. The number of rotatable bonds is 4. The fraction of sp³-hybridized carbons (Fsp3) is 0.0714. The van der Waals surface area contributed by atoms with Crippen molar-refractivity contribution >= 4 is 21.5 Å². The van der Waals surface area contributed by atoms with Gasteiger partial charge < -0.3 is 5.73 Å². The Morgan fingerprint density at radius 1 is 1.14 bits per heavy atom. The van der Waals surface area contributed by atoms with E-state index in [-0.39, 0.29) is 10.7 Å². The van der Waals surface area contributed by atoms with Gasteiger partial charge in [0.1, 0.15) is 16.5 Å². The smallest absolute Gasteiger partial charge is 0.266 e. The molecule has 0 aliphatic rings. The van der Waals surface area contributed by atoms with E-state index in [1.807, 2.05) is 0 Å². The van der Waals surface area contributed by atoms with E-state index < -0.39 is 15.8 Å². The number of amidine groups is 1. The number of sulfonamides is 1. The lowest BCUT2D eigenvalue weighted by Gasteiger charge is -2.20. The Labute approximate surface area is 122 Å². The second-order valence-electron chi connectivity index (χ2n) is 4.36. The summed E-state index contributed by atoms with van der Waals surface area (Å²) >= 11 is 0. The number of hydrogen-bond acceptors (Lipinski definition) is 3. The third kappa shape index (κ3) is 2.87. The first-order chi connectivity index (χ1) is 9.84. The van der Waals surface area contributed by atoms with Gasteiger partial charge in [-0.25, -0.2) is 12.8 Å². The van der Waals surface area contributed by atoms with Crippen molar-refractivity contribution in [3.8, 4) is 0 Å². The number of anilines is 1. The molecule has 0 heterocycles. The van der Waals surface area contributed by atoms with Crippen LogP contribution < -0.4 is 10.0 Å². The summed E-state index contributed by atoms with van der Waals surface area (Å²) in [5.41, 5.74) is 6.17. The Morgan fingerprint density at radius 3 is 2.24 bits per heavy atom. The van der Waals surface area contributed by atoms with Crippen LogP contribution in [0.3, 0.4) is 0 Å². The van der Waals surface area contributed by atoms with Crippen LogP contribution in [0.25, 0.3) is 0 Å². The van der Waals surface area contributed by atoms with E-state index in [4.69, 9.17) is 11.1 Å². The maximum Gasteiger partial charge on any atom is 0.266 e. The average Bonchev–Trinajstić information content (AvgIpc) is 2.46. The van der Waals surface area contributed by atoms with Crippen LogP contribution in [0.4, 0.5) is 10.1 Å². The summed E-state index contributed by atoms with van der Waals surface area (Å²) in [6.07, 6.45) is 0. The molecule has 2 rings (SSSR count). The Kier molecular flexibility index (Phi) is 3.95. The molecule has 0 fully saturated rings. The van der Waals surface area contributed by atoms with Crippen molar-refractivity contribution < 1.29 is 12.8 Å². The van der Waals surface area contributed by atoms with Crippen LogP contribution in [0.5, 0.6) is 0 Å². The molecule has 0 spiro atoms. The predicted molar refractivity (Wildman–Crippen MR) is 79.4 cm³/mol. The molecule has 0 amide bonds. The van der Waals surface area contributed by atoms with E-state index in [0.29, 0.717) is 11.3 Å². The van der Waals surface area contributed by atoms with Crippen LogP contribution in [0.1, 0.15) is 5.56 Å². The average molecular weight is 307 g/mol. The predicted octanol–water partition coefficient (Wildman–Crippen LogP) is 1.93. The first-order valence-electron chi connectivity index (χ1n) is 6.02. The van der Waals surface area contributed by atoms with Gasteiger partial charge in [-0.15, -0.1) is 0 Å². The van der Waals surface area contributed by atoms with Gasteiger partial charge in [0.25, 0.3) is 10.0 Å². The van der Waals surface area contributed by atoms with Crippen molar-refractivity contribution in [2.24, 2.45) is 5.73 Å². The molecular weight excluding hydrogens is 293 g/mol. The first kappa shape index (κ1) is 15.0. The maximum absolute atomic E-state index is 13.7. The Balaban J connectivity index is 2.41. The molecule has 2 aromatic rings.